The SMILES string of the molecule is Cc1cc(O)ccc1N=C(N)N=C(N)N. The lowest BCUT2D eigenvalue weighted by molar-refractivity contribution is 0.475. The molecule has 0 amide bonds. The van der Waals surface area contributed by atoms with Crippen molar-refractivity contribution in [1.82, 2.24) is 0 Å². The monoisotopic (exact) mass is 207 g/mol. The van der Waals surface area contributed by atoms with Gasteiger partial charge in [-0.1, -0.05) is 0 Å². The first kappa shape index (κ1) is 10.8. The number of nitrogens with two attached hydrogens (primary N) is 3. The second-order valence-corrected chi connectivity index (χ2v) is 2.98. The number of nitrogens with zero attached hydrogens (tertiary/aromatic N) is 2. The Morgan fingerprint density at radius 2 is 1.93 bits per heavy atom. The van der Waals surface area contributed by atoms with Crippen molar-refractivity contribution in [3.05, 3.63) is 23.8 Å². The molecule has 1 rings (SSSR count). The van der Waals surface area contributed by atoms with E-state index < -0.39 is 0 Å². The predicted molar refractivity (Wildman–Crippen MR) is 59.9 cm³/mol. The lowest BCUT2D eigenvalue weighted by Gasteiger charge is -2.01. The molecule has 0 aliphatic rings. The van der Waals surface area contributed by atoms with Gasteiger partial charge in [0.05, 0.1) is 5.69 Å². The Hall–Kier alpha value is -2.24. The molecule has 6 nitrogen and oxygen atoms in total. The second-order valence-electron chi connectivity index (χ2n) is 2.98. The zero-order valence-corrected chi connectivity index (χ0v) is 8.31. The van der Waals surface area contributed by atoms with Crippen molar-refractivity contribution in [2.24, 2.45) is 27.2 Å². The van der Waals surface area contributed by atoms with Crippen molar-refractivity contribution in [3.8, 4) is 5.75 Å². The predicted octanol–water partition coefficient (Wildman–Crippen LogP) is -0.0798. The number of hydrogen-bond donors (Lipinski definition) is 4. The van der Waals surface area contributed by atoms with Crippen molar-refractivity contribution in [1.29, 1.82) is 0 Å². The van der Waals surface area contributed by atoms with Crippen LogP contribution in [0.4, 0.5) is 5.69 Å². The van der Waals surface area contributed by atoms with Crippen LogP contribution in [0, 0.1) is 6.92 Å². The van der Waals surface area contributed by atoms with Gasteiger partial charge in [-0.3, -0.25) is 0 Å². The van der Waals surface area contributed by atoms with Gasteiger partial charge in [0, 0.05) is 0 Å². The number of benzene rings is 1. The lowest BCUT2D eigenvalue weighted by Crippen LogP contribution is -2.26. The molecule has 0 spiro atoms. The minimum Gasteiger partial charge on any atom is -0.508 e. The fourth-order valence-corrected chi connectivity index (χ4v) is 1.05. The molecule has 7 N–H and O–H groups in total. The van der Waals surface area contributed by atoms with Crippen LogP contribution < -0.4 is 17.2 Å². The van der Waals surface area contributed by atoms with Gasteiger partial charge in [0.15, 0.2) is 5.96 Å². The normalized spacial score (nSPS) is 11.1. The smallest absolute Gasteiger partial charge is 0.223 e. The summed E-state index contributed by atoms with van der Waals surface area (Å²) >= 11 is 0. The highest BCUT2D eigenvalue weighted by Crippen LogP contribution is 2.22. The maximum atomic E-state index is 9.17. The van der Waals surface area contributed by atoms with Crippen LogP contribution in [0.1, 0.15) is 5.56 Å². The van der Waals surface area contributed by atoms with E-state index in [4.69, 9.17) is 22.3 Å². The van der Waals surface area contributed by atoms with E-state index in [9.17, 15) is 0 Å². The van der Waals surface area contributed by atoms with Crippen molar-refractivity contribution in [2.45, 2.75) is 6.92 Å². The van der Waals surface area contributed by atoms with Crippen LogP contribution in [0.5, 0.6) is 5.75 Å². The molecular weight excluding hydrogens is 194 g/mol. The van der Waals surface area contributed by atoms with Gasteiger partial charge >= 0.3 is 0 Å². The van der Waals surface area contributed by atoms with Gasteiger partial charge in [-0.2, -0.15) is 4.99 Å². The first-order chi connectivity index (χ1) is 6.99. The van der Waals surface area contributed by atoms with Gasteiger partial charge in [0.1, 0.15) is 5.75 Å². The van der Waals surface area contributed by atoms with E-state index >= 15 is 0 Å². The summed E-state index contributed by atoms with van der Waals surface area (Å²) in [6.45, 7) is 1.79. The van der Waals surface area contributed by atoms with E-state index in [1.54, 1.807) is 19.1 Å². The molecule has 0 heterocycles. The van der Waals surface area contributed by atoms with Gasteiger partial charge in [0.25, 0.3) is 0 Å². The summed E-state index contributed by atoms with van der Waals surface area (Å²) in [7, 11) is 0. The molecule has 6 heteroatoms. The number of aromatic hydroxyl groups is 1. The van der Waals surface area contributed by atoms with E-state index in [2.05, 4.69) is 9.98 Å². The van der Waals surface area contributed by atoms with Crippen molar-refractivity contribution in [2.75, 3.05) is 0 Å². The number of phenols is 1. The zero-order chi connectivity index (χ0) is 11.4. The molecule has 1 aromatic carbocycles. The van der Waals surface area contributed by atoms with E-state index in [0.29, 0.717) is 5.69 Å². The molecule has 0 saturated heterocycles. The molecule has 0 bridgehead atoms. The van der Waals surface area contributed by atoms with Crippen LogP contribution in [0.25, 0.3) is 0 Å². The summed E-state index contributed by atoms with van der Waals surface area (Å²) in [5, 5.41) is 9.17. The van der Waals surface area contributed by atoms with Gasteiger partial charge in [-0.15, -0.1) is 0 Å². The Balaban J connectivity index is 3.03. The molecule has 80 valence electrons. The van der Waals surface area contributed by atoms with Gasteiger partial charge in [-0.05, 0) is 30.7 Å². The van der Waals surface area contributed by atoms with Crippen molar-refractivity contribution >= 4 is 17.6 Å². The minimum absolute atomic E-state index is 0.0243. The Morgan fingerprint density at radius 1 is 1.27 bits per heavy atom. The van der Waals surface area contributed by atoms with Crippen LogP contribution in [0.15, 0.2) is 28.2 Å². The topological polar surface area (TPSA) is 123 Å². The number of aliphatic imine (C=N–C) groups is 2. The van der Waals surface area contributed by atoms with E-state index in [-0.39, 0.29) is 17.7 Å². The number of hydrogen-bond acceptors (Lipinski definition) is 2. The second kappa shape index (κ2) is 4.32. The van der Waals surface area contributed by atoms with Crippen LogP contribution in [0.3, 0.4) is 0 Å². The molecule has 1 aromatic rings. The summed E-state index contributed by atoms with van der Waals surface area (Å²) in [4.78, 5) is 7.55. The summed E-state index contributed by atoms with van der Waals surface area (Å²) < 4.78 is 0. The Kier molecular flexibility index (Phi) is 3.12. The van der Waals surface area contributed by atoms with Gasteiger partial charge in [0.2, 0.25) is 5.96 Å². The fraction of sp³-hybridized carbons (Fsp3) is 0.111. The Bertz CT molecular complexity index is 421. The molecule has 0 aliphatic heterocycles. The number of aryl methyl sites for hydroxylation is 1. The molecule has 0 radical (unpaired) electrons. The highest BCUT2D eigenvalue weighted by Gasteiger charge is 1.98. The Morgan fingerprint density at radius 3 is 2.47 bits per heavy atom. The van der Waals surface area contributed by atoms with E-state index in [1.807, 2.05) is 0 Å². The summed E-state index contributed by atoms with van der Waals surface area (Å²) in [5.74, 6) is 0.00309. The highest BCUT2D eigenvalue weighted by atomic mass is 16.3. The average Bonchev–Trinajstić information content (AvgIpc) is 2.08. The molecule has 0 unspecified atom stereocenters. The maximum Gasteiger partial charge on any atom is 0.223 e. The highest BCUT2D eigenvalue weighted by molar-refractivity contribution is 5.93. The van der Waals surface area contributed by atoms with Crippen LogP contribution >= 0.6 is 0 Å². The van der Waals surface area contributed by atoms with Gasteiger partial charge < -0.3 is 22.3 Å². The Labute approximate surface area is 87.1 Å². The van der Waals surface area contributed by atoms with Crippen LogP contribution in [0.2, 0.25) is 0 Å². The summed E-state index contributed by atoms with van der Waals surface area (Å²) in [6, 6.07) is 4.70. The third-order valence-corrected chi connectivity index (χ3v) is 1.66. The van der Waals surface area contributed by atoms with E-state index in [1.165, 1.54) is 6.07 Å². The van der Waals surface area contributed by atoms with Gasteiger partial charge in [-0.25, -0.2) is 4.99 Å². The zero-order valence-electron chi connectivity index (χ0n) is 8.31. The third-order valence-electron chi connectivity index (χ3n) is 1.66. The first-order valence-corrected chi connectivity index (χ1v) is 4.22. The summed E-state index contributed by atoms with van der Waals surface area (Å²) in [5.41, 5.74) is 17.1. The first-order valence-electron chi connectivity index (χ1n) is 4.22. The third kappa shape index (κ3) is 3.18. The number of phenolic OH excluding ortho intramolecular Hbond substituents is 1. The molecule has 0 fully saturated rings. The average molecular weight is 207 g/mol. The largest absolute Gasteiger partial charge is 0.508 e. The minimum atomic E-state index is -0.146. The summed E-state index contributed by atoms with van der Waals surface area (Å²) in [6.07, 6.45) is 0. The molecule has 15 heavy (non-hydrogen) atoms. The molecule has 0 atom stereocenters. The molecule has 0 saturated carbocycles. The van der Waals surface area contributed by atoms with E-state index in [0.717, 1.165) is 5.56 Å². The van der Waals surface area contributed by atoms with Crippen molar-refractivity contribution in [3.63, 3.8) is 0 Å². The number of rotatable bonds is 1. The fourth-order valence-electron chi connectivity index (χ4n) is 1.05. The number of guanidine groups is 2. The quantitative estimate of drug-likeness (QED) is 0.380. The molecule has 0 aliphatic carbocycles. The lowest BCUT2D eigenvalue weighted by atomic mass is 10.2. The molecular formula is C9H13N5O. The maximum absolute atomic E-state index is 9.17. The molecule has 0 aromatic heterocycles. The van der Waals surface area contributed by atoms with Crippen molar-refractivity contribution < 1.29 is 5.11 Å². The van der Waals surface area contributed by atoms with Crippen LogP contribution in [-0.2, 0) is 0 Å². The standard InChI is InChI=1S/C9H13N5O/c1-5-4-6(15)2-3-7(5)13-9(12)14-8(10)11/h2-4,15H,1H3,(H6,10,11,12,13,14). The van der Waals surface area contributed by atoms with Crippen LogP contribution in [-0.4, -0.2) is 17.0 Å².